The largest absolute Gasteiger partial charge is 0.383 e. The van der Waals surface area contributed by atoms with Gasteiger partial charge in [0.2, 0.25) is 0 Å². The molecule has 0 radical (unpaired) electrons. The minimum absolute atomic E-state index is 0.0878. The summed E-state index contributed by atoms with van der Waals surface area (Å²) >= 11 is 0. The number of aromatic nitrogens is 3. The van der Waals surface area contributed by atoms with E-state index in [-0.39, 0.29) is 12.1 Å². The number of anilines is 1. The molecule has 2 aromatic carbocycles. The van der Waals surface area contributed by atoms with Gasteiger partial charge in [-0.25, -0.2) is 4.98 Å². The van der Waals surface area contributed by atoms with E-state index in [2.05, 4.69) is 26.3 Å². The molecule has 7 heteroatoms. The minimum Gasteiger partial charge on any atom is -0.383 e. The number of aromatic amines is 1. The predicted octanol–water partition coefficient (Wildman–Crippen LogP) is 3.88. The molecule has 0 bridgehead atoms. The number of H-pyrrole nitrogens is 1. The van der Waals surface area contributed by atoms with Gasteiger partial charge in [-0.05, 0) is 71.8 Å². The van der Waals surface area contributed by atoms with Crippen LogP contribution >= 0.6 is 0 Å². The number of nitrogens with two attached hydrogens (primary N) is 1. The Hall–Kier alpha value is -4.52. The molecule has 5 rings (SSSR count). The molecule has 0 aliphatic heterocycles. The zero-order valence-electron chi connectivity index (χ0n) is 18.6. The molecule has 0 unspecified atom stereocenters. The zero-order chi connectivity index (χ0) is 23.7. The van der Waals surface area contributed by atoms with E-state index < -0.39 is 11.5 Å². The predicted molar refractivity (Wildman–Crippen MR) is 134 cm³/mol. The molecule has 34 heavy (non-hydrogen) atoms. The van der Waals surface area contributed by atoms with Gasteiger partial charge in [-0.3, -0.25) is 14.6 Å². The molecule has 5 aromatic rings. The molecule has 168 valence electrons. The number of carbonyl (C=O) groups excluding carboxylic acids is 1. The number of pyridine rings is 3. The van der Waals surface area contributed by atoms with Crippen LogP contribution in [-0.4, -0.2) is 20.9 Å². The molecule has 4 N–H and O–H groups in total. The minimum atomic E-state index is -0.421. The number of nitrogens with one attached hydrogen (secondary N) is 2. The number of aryl methyl sites for hydroxylation is 1. The van der Waals surface area contributed by atoms with Crippen molar-refractivity contribution in [3.8, 4) is 0 Å². The second-order valence-corrected chi connectivity index (χ2v) is 8.34. The van der Waals surface area contributed by atoms with Gasteiger partial charge < -0.3 is 16.0 Å². The highest BCUT2D eigenvalue weighted by Crippen LogP contribution is 2.20. The van der Waals surface area contributed by atoms with Crippen molar-refractivity contribution in [3.63, 3.8) is 0 Å². The first-order valence-corrected chi connectivity index (χ1v) is 11.0. The number of benzene rings is 2. The van der Waals surface area contributed by atoms with E-state index in [0.29, 0.717) is 12.2 Å². The van der Waals surface area contributed by atoms with E-state index in [4.69, 9.17) is 5.73 Å². The lowest BCUT2D eigenvalue weighted by Gasteiger charge is -2.09. The standard InChI is InChI=1S/C27H23N5O2/c1-16-2-5-21-11-17(4-7-24(21)32-16)10-19-13-23(27(34)31-15-19)26(33)30-14-18-3-6-22-20(12-18)8-9-29-25(22)28/h2-9,11-13,15H,10,14H2,1H3,(H2,28,29)(H,30,33)(H,31,34). The second kappa shape index (κ2) is 8.78. The number of amides is 1. The van der Waals surface area contributed by atoms with Gasteiger partial charge in [0.25, 0.3) is 11.5 Å². The second-order valence-electron chi connectivity index (χ2n) is 8.34. The Morgan fingerprint density at radius 2 is 1.79 bits per heavy atom. The maximum Gasteiger partial charge on any atom is 0.260 e. The Morgan fingerprint density at radius 3 is 2.68 bits per heavy atom. The van der Waals surface area contributed by atoms with Crippen LogP contribution in [0.1, 0.15) is 32.7 Å². The van der Waals surface area contributed by atoms with Crippen molar-refractivity contribution in [1.29, 1.82) is 0 Å². The van der Waals surface area contributed by atoms with E-state index in [1.165, 1.54) is 0 Å². The zero-order valence-corrected chi connectivity index (χ0v) is 18.6. The van der Waals surface area contributed by atoms with Crippen molar-refractivity contribution in [1.82, 2.24) is 20.3 Å². The molecule has 0 atom stereocenters. The van der Waals surface area contributed by atoms with Crippen LogP contribution in [0.15, 0.2) is 77.9 Å². The van der Waals surface area contributed by atoms with E-state index in [9.17, 15) is 9.59 Å². The number of hydrogen-bond acceptors (Lipinski definition) is 5. The first-order chi connectivity index (χ1) is 16.5. The highest BCUT2D eigenvalue weighted by Gasteiger charge is 2.12. The van der Waals surface area contributed by atoms with Crippen LogP contribution in [0.2, 0.25) is 0 Å². The first-order valence-electron chi connectivity index (χ1n) is 11.0. The lowest BCUT2D eigenvalue weighted by Crippen LogP contribution is -2.29. The summed E-state index contributed by atoms with van der Waals surface area (Å²) in [6.07, 6.45) is 3.89. The summed E-state index contributed by atoms with van der Waals surface area (Å²) < 4.78 is 0. The monoisotopic (exact) mass is 449 g/mol. The topological polar surface area (TPSA) is 114 Å². The van der Waals surface area contributed by atoms with E-state index >= 15 is 0 Å². The van der Waals surface area contributed by atoms with Crippen molar-refractivity contribution in [2.75, 3.05) is 5.73 Å². The van der Waals surface area contributed by atoms with Gasteiger partial charge in [-0.2, -0.15) is 0 Å². The Balaban J connectivity index is 1.32. The van der Waals surface area contributed by atoms with Crippen LogP contribution in [0.3, 0.4) is 0 Å². The average Bonchev–Trinajstić information content (AvgIpc) is 2.84. The molecule has 0 spiro atoms. The smallest absolute Gasteiger partial charge is 0.260 e. The molecule has 0 aliphatic rings. The molecule has 0 saturated carbocycles. The molecule has 0 fully saturated rings. The normalized spacial score (nSPS) is 11.1. The van der Waals surface area contributed by atoms with Crippen molar-refractivity contribution < 1.29 is 4.79 Å². The maximum absolute atomic E-state index is 12.8. The Morgan fingerprint density at radius 1 is 0.971 bits per heavy atom. The summed E-state index contributed by atoms with van der Waals surface area (Å²) in [6, 6.07) is 19.4. The Labute approximate surface area is 195 Å². The molecule has 3 aromatic heterocycles. The van der Waals surface area contributed by atoms with Gasteiger partial charge in [0.05, 0.1) is 5.52 Å². The van der Waals surface area contributed by atoms with Gasteiger partial charge in [0.15, 0.2) is 0 Å². The lowest BCUT2D eigenvalue weighted by atomic mass is 10.0. The number of nitrogen functional groups attached to an aromatic ring is 1. The third kappa shape index (κ3) is 4.36. The number of nitrogens with zero attached hydrogens (tertiary/aromatic N) is 2. The third-order valence-electron chi connectivity index (χ3n) is 5.82. The van der Waals surface area contributed by atoms with Crippen LogP contribution in [-0.2, 0) is 13.0 Å². The van der Waals surface area contributed by atoms with Crippen LogP contribution in [0, 0.1) is 6.92 Å². The SMILES string of the molecule is Cc1ccc2cc(Cc3c[nH]c(=O)c(C(=O)NCc4ccc5c(N)nccc5c4)c3)ccc2n1. The number of fused-ring (bicyclic) bond motifs is 2. The highest BCUT2D eigenvalue weighted by atomic mass is 16.2. The van der Waals surface area contributed by atoms with Crippen LogP contribution in [0.5, 0.6) is 0 Å². The highest BCUT2D eigenvalue weighted by molar-refractivity contribution is 5.94. The fraction of sp³-hybridized carbons (Fsp3) is 0.111. The quantitative estimate of drug-likeness (QED) is 0.377. The van der Waals surface area contributed by atoms with Crippen LogP contribution < -0.4 is 16.6 Å². The molecule has 7 nitrogen and oxygen atoms in total. The summed E-state index contributed by atoms with van der Waals surface area (Å²) in [5.74, 6) is 0.0462. The summed E-state index contributed by atoms with van der Waals surface area (Å²) in [7, 11) is 0. The lowest BCUT2D eigenvalue weighted by molar-refractivity contribution is 0.0949. The number of rotatable bonds is 5. The third-order valence-corrected chi connectivity index (χ3v) is 5.82. The van der Waals surface area contributed by atoms with Crippen molar-refractivity contribution in [2.45, 2.75) is 19.9 Å². The van der Waals surface area contributed by atoms with Crippen LogP contribution in [0.25, 0.3) is 21.7 Å². The van der Waals surface area contributed by atoms with Gasteiger partial charge in [-0.15, -0.1) is 0 Å². The van der Waals surface area contributed by atoms with Crippen LogP contribution in [0.4, 0.5) is 5.82 Å². The average molecular weight is 450 g/mol. The van der Waals surface area contributed by atoms with Crippen molar-refractivity contribution >= 4 is 33.4 Å². The molecular weight excluding hydrogens is 426 g/mol. The molecular formula is C27H23N5O2. The van der Waals surface area contributed by atoms with Gasteiger partial charge in [0.1, 0.15) is 11.4 Å². The fourth-order valence-electron chi connectivity index (χ4n) is 4.06. The maximum atomic E-state index is 12.8. The van der Waals surface area contributed by atoms with E-state index in [0.717, 1.165) is 44.1 Å². The number of carbonyl (C=O) groups is 1. The molecule has 3 heterocycles. The Bertz CT molecular complexity index is 1610. The molecule has 0 saturated heterocycles. The summed E-state index contributed by atoms with van der Waals surface area (Å²) in [5, 5.41) is 5.70. The van der Waals surface area contributed by atoms with Gasteiger partial charge >= 0.3 is 0 Å². The summed E-state index contributed by atoms with van der Waals surface area (Å²) in [5.41, 5.74) is 10.3. The Kier molecular flexibility index (Phi) is 5.51. The summed E-state index contributed by atoms with van der Waals surface area (Å²) in [4.78, 5) is 36.5. The summed E-state index contributed by atoms with van der Waals surface area (Å²) in [6.45, 7) is 2.26. The van der Waals surface area contributed by atoms with Crippen molar-refractivity contribution in [2.24, 2.45) is 0 Å². The van der Waals surface area contributed by atoms with E-state index in [1.54, 1.807) is 18.5 Å². The molecule has 1 amide bonds. The van der Waals surface area contributed by atoms with E-state index in [1.807, 2.05) is 55.5 Å². The van der Waals surface area contributed by atoms with Crippen molar-refractivity contribution in [3.05, 3.63) is 111 Å². The number of hydrogen-bond donors (Lipinski definition) is 3. The molecule has 0 aliphatic carbocycles. The van der Waals surface area contributed by atoms with Gasteiger partial charge in [0, 0.05) is 35.4 Å². The van der Waals surface area contributed by atoms with Gasteiger partial charge in [-0.1, -0.05) is 24.3 Å². The fourth-order valence-corrected chi connectivity index (χ4v) is 4.06. The first kappa shape index (κ1) is 21.3.